The molecule has 0 radical (unpaired) electrons. The SMILES string of the molecule is CCn1c(C)nc2cc(C(=O)NN=C(C)c3ccncc3)ccc21. The molecule has 2 aromatic heterocycles. The van der Waals surface area contributed by atoms with Gasteiger partial charge in [-0.3, -0.25) is 9.78 Å². The minimum Gasteiger partial charge on any atom is -0.329 e. The molecule has 0 saturated heterocycles. The molecule has 0 fully saturated rings. The summed E-state index contributed by atoms with van der Waals surface area (Å²) in [6.07, 6.45) is 3.38. The predicted octanol–water partition coefficient (Wildman–Crippen LogP) is 2.91. The molecule has 1 N–H and O–H groups in total. The number of nitrogens with zero attached hydrogens (tertiary/aromatic N) is 4. The highest BCUT2D eigenvalue weighted by Gasteiger charge is 2.10. The van der Waals surface area contributed by atoms with E-state index in [9.17, 15) is 4.79 Å². The zero-order valence-corrected chi connectivity index (χ0v) is 13.9. The zero-order valence-electron chi connectivity index (χ0n) is 13.9. The number of hydrogen-bond donors (Lipinski definition) is 1. The monoisotopic (exact) mass is 321 g/mol. The van der Waals surface area contributed by atoms with Gasteiger partial charge in [0.1, 0.15) is 5.82 Å². The molecule has 6 nitrogen and oxygen atoms in total. The average molecular weight is 321 g/mol. The Kier molecular flexibility index (Phi) is 4.37. The van der Waals surface area contributed by atoms with E-state index in [4.69, 9.17) is 0 Å². The molecule has 0 aliphatic rings. The number of hydrazone groups is 1. The molecule has 0 unspecified atom stereocenters. The van der Waals surface area contributed by atoms with E-state index in [2.05, 4.69) is 32.0 Å². The Labute approximate surface area is 140 Å². The van der Waals surface area contributed by atoms with Crippen LogP contribution in [0.4, 0.5) is 0 Å². The van der Waals surface area contributed by atoms with E-state index >= 15 is 0 Å². The number of rotatable bonds is 4. The fraction of sp³-hybridized carbons (Fsp3) is 0.222. The number of aryl methyl sites for hydroxylation is 2. The van der Waals surface area contributed by atoms with Gasteiger partial charge >= 0.3 is 0 Å². The molecule has 3 aromatic rings. The van der Waals surface area contributed by atoms with E-state index < -0.39 is 0 Å². The average Bonchev–Trinajstić information content (AvgIpc) is 2.94. The lowest BCUT2D eigenvalue weighted by atomic mass is 10.2. The largest absolute Gasteiger partial charge is 0.329 e. The molecule has 0 aliphatic heterocycles. The quantitative estimate of drug-likeness (QED) is 0.593. The van der Waals surface area contributed by atoms with Crippen LogP contribution in [0.15, 0.2) is 47.8 Å². The number of hydrogen-bond acceptors (Lipinski definition) is 4. The van der Waals surface area contributed by atoms with Gasteiger partial charge in [0, 0.05) is 30.1 Å². The molecular weight excluding hydrogens is 302 g/mol. The van der Waals surface area contributed by atoms with Gasteiger partial charge in [0.05, 0.1) is 16.7 Å². The van der Waals surface area contributed by atoms with E-state index in [1.54, 1.807) is 24.5 Å². The summed E-state index contributed by atoms with van der Waals surface area (Å²) in [6.45, 7) is 6.73. The standard InChI is InChI=1S/C18H19N5O/c1-4-23-13(3)20-16-11-15(5-6-17(16)23)18(24)22-21-12(2)14-7-9-19-10-8-14/h5-11H,4H2,1-3H3,(H,22,24). The third-order valence-corrected chi connectivity index (χ3v) is 3.94. The first-order valence-electron chi connectivity index (χ1n) is 7.82. The van der Waals surface area contributed by atoms with Gasteiger partial charge in [0.25, 0.3) is 5.91 Å². The molecule has 2 heterocycles. The summed E-state index contributed by atoms with van der Waals surface area (Å²) < 4.78 is 2.11. The summed E-state index contributed by atoms with van der Waals surface area (Å²) in [5.74, 6) is 0.686. The molecule has 122 valence electrons. The second-order valence-corrected chi connectivity index (χ2v) is 5.48. The second kappa shape index (κ2) is 6.62. The summed E-state index contributed by atoms with van der Waals surface area (Å²) in [7, 11) is 0. The minimum absolute atomic E-state index is 0.256. The van der Waals surface area contributed by atoms with Gasteiger partial charge in [-0.1, -0.05) is 0 Å². The summed E-state index contributed by atoms with van der Waals surface area (Å²) >= 11 is 0. The van der Waals surface area contributed by atoms with Crippen molar-refractivity contribution < 1.29 is 4.79 Å². The molecule has 0 atom stereocenters. The predicted molar refractivity (Wildman–Crippen MR) is 94.1 cm³/mol. The number of pyridine rings is 1. The maximum absolute atomic E-state index is 12.3. The molecule has 6 heteroatoms. The van der Waals surface area contributed by atoms with Crippen molar-refractivity contribution in [2.24, 2.45) is 5.10 Å². The molecule has 24 heavy (non-hydrogen) atoms. The number of carbonyl (C=O) groups is 1. The summed E-state index contributed by atoms with van der Waals surface area (Å²) in [5, 5.41) is 4.15. The van der Waals surface area contributed by atoms with Crippen LogP contribution in [0.25, 0.3) is 11.0 Å². The highest BCUT2D eigenvalue weighted by Crippen LogP contribution is 2.17. The smallest absolute Gasteiger partial charge is 0.271 e. The van der Waals surface area contributed by atoms with E-state index in [0.29, 0.717) is 5.56 Å². The van der Waals surface area contributed by atoms with Crippen molar-refractivity contribution in [3.05, 3.63) is 59.7 Å². The number of fused-ring (bicyclic) bond motifs is 1. The van der Waals surface area contributed by atoms with E-state index in [-0.39, 0.29) is 5.91 Å². The molecule has 3 rings (SSSR count). The molecule has 0 aliphatic carbocycles. The molecule has 0 bridgehead atoms. The molecule has 1 aromatic carbocycles. The van der Waals surface area contributed by atoms with Gasteiger partial charge in [-0.25, -0.2) is 10.4 Å². The van der Waals surface area contributed by atoms with Crippen LogP contribution in [0.2, 0.25) is 0 Å². The fourth-order valence-corrected chi connectivity index (χ4v) is 2.65. The summed E-state index contributed by atoms with van der Waals surface area (Å²) in [6, 6.07) is 9.20. The highest BCUT2D eigenvalue weighted by molar-refractivity contribution is 6.01. The normalized spacial score (nSPS) is 11.7. The fourth-order valence-electron chi connectivity index (χ4n) is 2.65. The lowest BCUT2D eigenvalue weighted by molar-refractivity contribution is 0.0955. The van der Waals surface area contributed by atoms with Gasteiger partial charge in [0.2, 0.25) is 0 Å². The maximum atomic E-state index is 12.3. The molecule has 0 saturated carbocycles. The Morgan fingerprint density at radius 3 is 2.67 bits per heavy atom. The molecular formula is C18H19N5O. The highest BCUT2D eigenvalue weighted by atomic mass is 16.2. The number of aromatic nitrogens is 3. The van der Waals surface area contributed by atoms with Crippen LogP contribution in [0, 0.1) is 6.92 Å². The van der Waals surface area contributed by atoms with Crippen LogP contribution in [-0.2, 0) is 6.54 Å². The van der Waals surface area contributed by atoms with Crippen molar-refractivity contribution in [2.75, 3.05) is 0 Å². The third kappa shape index (κ3) is 3.03. The van der Waals surface area contributed by atoms with Crippen molar-refractivity contribution in [2.45, 2.75) is 27.3 Å². The van der Waals surface area contributed by atoms with Crippen LogP contribution in [0.5, 0.6) is 0 Å². The number of benzene rings is 1. The molecule has 0 spiro atoms. The lowest BCUT2D eigenvalue weighted by Crippen LogP contribution is -2.19. The first-order valence-corrected chi connectivity index (χ1v) is 7.82. The zero-order chi connectivity index (χ0) is 17.1. The topological polar surface area (TPSA) is 72.2 Å². The first kappa shape index (κ1) is 15.9. The number of carbonyl (C=O) groups excluding carboxylic acids is 1. The van der Waals surface area contributed by atoms with Crippen molar-refractivity contribution in [1.82, 2.24) is 20.0 Å². The van der Waals surface area contributed by atoms with E-state index in [0.717, 1.165) is 34.7 Å². The van der Waals surface area contributed by atoms with Crippen LogP contribution < -0.4 is 5.43 Å². The molecule has 1 amide bonds. The first-order chi connectivity index (χ1) is 11.6. The van der Waals surface area contributed by atoms with Crippen LogP contribution in [0.1, 0.15) is 35.6 Å². The summed E-state index contributed by atoms with van der Waals surface area (Å²) in [4.78, 5) is 20.8. The Bertz CT molecular complexity index is 912. The number of amides is 1. The van der Waals surface area contributed by atoms with Crippen molar-refractivity contribution in [3.8, 4) is 0 Å². The van der Waals surface area contributed by atoms with Gasteiger partial charge in [-0.2, -0.15) is 5.10 Å². The van der Waals surface area contributed by atoms with E-state index in [1.807, 2.05) is 32.0 Å². The van der Waals surface area contributed by atoms with Gasteiger partial charge < -0.3 is 4.57 Å². The van der Waals surface area contributed by atoms with Gasteiger partial charge in [-0.15, -0.1) is 0 Å². The summed E-state index contributed by atoms with van der Waals surface area (Å²) in [5.41, 5.74) is 6.61. The van der Waals surface area contributed by atoms with Crippen molar-refractivity contribution in [3.63, 3.8) is 0 Å². The van der Waals surface area contributed by atoms with Gasteiger partial charge in [-0.05, 0) is 51.1 Å². The van der Waals surface area contributed by atoms with Crippen molar-refractivity contribution in [1.29, 1.82) is 0 Å². The van der Waals surface area contributed by atoms with Crippen molar-refractivity contribution >= 4 is 22.7 Å². The number of imidazole rings is 1. The van der Waals surface area contributed by atoms with Crippen LogP contribution >= 0.6 is 0 Å². The van der Waals surface area contributed by atoms with Crippen LogP contribution in [-0.4, -0.2) is 26.2 Å². The Hall–Kier alpha value is -3.02. The second-order valence-electron chi connectivity index (χ2n) is 5.48. The Morgan fingerprint density at radius 1 is 1.21 bits per heavy atom. The maximum Gasteiger partial charge on any atom is 0.271 e. The Balaban J connectivity index is 1.81. The Morgan fingerprint density at radius 2 is 1.96 bits per heavy atom. The van der Waals surface area contributed by atoms with E-state index in [1.165, 1.54) is 0 Å². The van der Waals surface area contributed by atoms with Crippen LogP contribution in [0.3, 0.4) is 0 Å². The minimum atomic E-state index is -0.256. The van der Waals surface area contributed by atoms with Gasteiger partial charge in [0.15, 0.2) is 0 Å². The number of nitrogens with one attached hydrogen (secondary N) is 1. The third-order valence-electron chi connectivity index (χ3n) is 3.94. The lowest BCUT2D eigenvalue weighted by Gasteiger charge is -2.04.